The molecule has 0 saturated carbocycles. The molecule has 1 heterocycles. The first-order valence-corrected chi connectivity index (χ1v) is 5.33. The molecule has 88 valence electrons. The molecule has 0 unspecified atom stereocenters. The third-order valence-electron chi connectivity index (χ3n) is 2.29. The van der Waals surface area contributed by atoms with Crippen LogP contribution in [0.25, 0.3) is 0 Å². The Labute approximate surface area is 103 Å². The fourth-order valence-electron chi connectivity index (χ4n) is 1.42. The maximum Gasteiger partial charge on any atom is 0.280 e. The summed E-state index contributed by atoms with van der Waals surface area (Å²) in [4.78, 5) is 28.2. The van der Waals surface area contributed by atoms with Crippen molar-refractivity contribution in [1.29, 1.82) is 0 Å². The number of hydrogen-bond donors (Lipinski definition) is 1. The molecule has 0 aromatic heterocycles. The highest BCUT2D eigenvalue weighted by atomic mass is 35.5. The lowest BCUT2D eigenvalue weighted by molar-refractivity contribution is -0.118. The molecule has 1 aliphatic rings. The maximum absolute atomic E-state index is 11.8. The molecule has 2 amide bonds. The van der Waals surface area contributed by atoms with E-state index in [1.807, 2.05) is 0 Å². The number of amides is 2. The van der Waals surface area contributed by atoms with Gasteiger partial charge in [-0.15, -0.1) is 0 Å². The lowest BCUT2D eigenvalue weighted by atomic mass is 10.2. The Morgan fingerprint density at radius 1 is 1.41 bits per heavy atom. The van der Waals surface area contributed by atoms with Crippen molar-refractivity contribution in [3.05, 3.63) is 34.9 Å². The van der Waals surface area contributed by atoms with Crippen LogP contribution in [0.1, 0.15) is 10.4 Å². The zero-order valence-electron chi connectivity index (χ0n) is 9.11. The molecule has 1 aliphatic heterocycles. The van der Waals surface area contributed by atoms with Gasteiger partial charge in [-0.05, 0) is 24.3 Å². The zero-order chi connectivity index (χ0) is 12.4. The fourth-order valence-corrected chi connectivity index (χ4v) is 1.54. The number of carbonyl (C=O) groups excluding carboxylic acids is 2. The molecule has 6 heteroatoms. The quantitative estimate of drug-likeness (QED) is 0.807. The summed E-state index contributed by atoms with van der Waals surface area (Å²) in [6, 6.07) is 6.41. The summed E-state index contributed by atoms with van der Waals surface area (Å²) < 4.78 is 0. The van der Waals surface area contributed by atoms with Crippen LogP contribution in [-0.2, 0) is 4.79 Å². The SMILES string of the molecule is CN1CC(=O)NC1=NC(=O)c1ccc(Cl)cc1. The largest absolute Gasteiger partial charge is 0.336 e. The van der Waals surface area contributed by atoms with Gasteiger partial charge in [0.1, 0.15) is 0 Å². The van der Waals surface area contributed by atoms with Crippen LogP contribution >= 0.6 is 11.6 Å². The second-order valence-electron chi connectivity index (χ2n) is 3.65. The van der Waals surface area contributed by atoms with Crippen LogP contribution < -0.4 is 5.32 Å². The molecule has 5 nitrogen and oxygen atoms in total. The third-order valence-corrected chi connectivity index (χ3v) is 2.54. The van der Waals surface area contributed by atoms with E-state index in [1.54, 1.807) is 36.2 Å². The average Bonchev–Trinajstić information content (AvgIpc) is 2.58. The molecule has 0 bridgehead atoms. The first kappa shape index (κ1) is 11.6. The predicted molar refractivity (Wildman–Crippen MR) is 64.0 cm³/mol. The van der Waals surface area contributed by atoms with Gasteiger partial charge in [-0.2, -0.15) is 4.99 Å². The van der Waals surface area contributed by atoms with Gasteiger partial charge >= 0.3 is 0 Å². The van der Waals surface area contributed by atoms with Gasteiger partial charge in [0, 0.05) is 17.6 Å². The van der Waals surface area contributed by atoms with E-state index in [1.165, 1.54) is 0 Å². The van der Waals surface area contributed by atoms with Crippen LogP contribution in [0.15, 0.2) is 29.3 Å². The summed E-state index contributed by atoms with van der Waals surface area (Å²) in [5, 5.41) is 3.06. The second-order valence-corrected chi connectivity index (χ2v) is 4.09. The first-order chi connectivity index (χ1) is 8.06. The van der Waals surface area contributed by atoms with Crippen molar-refractivity contribution < 1.29 is 9.59 Å². The minimum absolute atomic E-state index is 0.171. The Morgan fingerprint density at radius 2 is 2.06 bits per heavy atom. The van der Waals surface area contributed by atoms with E-state index < -0.39 is 5.91 Å². The van der Waals surface area contributed by atoms with Gasteiger partial charge in [-0.25, -0.2) is 0 Å². The number of likely N-dealkylation sites (N-methyl/N-ethyl adjacent to an activating group) is 1. The van der Waals surface area contributed by atoms with Crippen LogP contribution in [0.5, 0.6) is 0 Å². The summed E-state index contributed by atoms with van der Waals surface area (Å²) in [6.07, 6.45) is 0. The summed E-state index contributed by atoms with van der Waals surface area (Å²) >= 11 is 5.72. The van der Waals surface area contributed by atoms with Gasteiger partial charge in [0.15, 0.2) is 0 Å². The number of hydrogen-bond acceptors (Lipinski definition) is 2. The Bertz CT molecular complexity index is 496. The van der Waals surface area contributed by atoms with Crippen LogP contribution in [-0.4, -0.2) is 36.3 Å². The fraction of sp³-hybridized carbons (Fsp3) is 0.182. The minimum atomic E-state index is -0.411. The average molecular weight is 252 g/mol. The van der Waals surface area contributed by atoms with Gasteiger partial charge in [0.2, 0.25) is 11.9 Å². The van der Waals surface area contributed by atoms with Crippen molar-refractivity contribution in [2.45, 2.75) is 0 Å². The molecule has 1 aromatic carbocycles. The number of rotatable bonds is 1. The molecule has 0 radical (unpaired) electrons. The monoisotopic (exact) mass is 251 g/mol. The number of nitrogens with one attached hydrogen (secondary N) is 1. The van der Waals surface area contributed by atoms with Gasteiger partial charge in [-0.1, -0.05) is 11.6 Å². The van der Waals surface area contributed by atoms with Gasteiger partial charge in [0.25, 0.3) is 5.91 Å². The van der Waals surface area contributed by atoms with Crippen molar-refractivity contribution in [1.82, 2.24) is 10.2 Å². The second kappa shape index (κ2) is 4.55. The van der Waals surface area contributed by atoms with Gasteiger partial charge < -0.3 is 4.90 Å². The van der Waals surface area contributed by atoms with E-state index >= 15 is 0 Å². The zero-order valence-corrected chi connectivity index (χ0v) is 9.86. The molecular weight excluding hydrogens is 242 g/mol. The molecular formula is C11H10ClN3O2. The van der Waals surface area contributed by atoms with E-state index in [2.05, 4.69) is 10.3 Å². The van der Waals surface area contributed by atoms with Crippen molar-refractivity contribution >= 4 is 29.4 Å². The molecule has 17 heavy (non-hydrogen) atoms. The maximum atomic E-state index is 11.8. The number of benzene rings is 1. The normalized spacial score (nSPS) is 17.4. The summed E-state index contributed by atoms with van der Waals surface area (Å²) in [5.41, 5.74) is 0.427. The number of nitrogens with zero attached hydrogens (tertiary/aromatic N) is 2. The van der Waals surface area contributed by atoms with Crippen molar-refractivity contribution in [2.24, 2.45) is 4.99 Å². The Kier molecular flexibility index (Phi) is 3.10. The topological polar surface area (TPSA) is 61.8 Å². The lowest BCUT2D eigenvalue weighted by Crippen LogP contribution is -2.28. The highest BCUT2D eigenvalue weighted by molar-refractivity contribution is 6.30. The van der Waals surface area contributed by atoms with Crippen molar-refractivity contribution in [2.75, 3.05) is 13.6 Å². The van der Waals surface area contributed by atoms with E-state index in [4.69, 9.17) is 11.6 Å². The lowest BCUT2D eigenvalue weighted by Gasteiger charge is -2.07. The van der Waals surface area contributed by atoms with Crippen LogP contribution in [0.3, 0.4) is 0 Å². The molecule has 0 spiro atoms. The smallest absolute Gasteiger partial charge is 0.280 e. The first-order valence-electron chi connectivity index (χ1n) is 4.96. The van der Waals surface area contributed by atoms with Crippen molar-refractivity contribution in [3.8, 4) is 0 Å². The Balaban J connectivity index is 2.19. The van der Waals surface area contributed by atoms with Crippen LogP contribution in [0.2, 0.25) is 5.02 Å². The molecule has 1 saturated heterocycles. The van der Waals surface area contributed by atoms with Gasteiger partial charge in [-0.3, -0.25) is 14.9 Å². The Hall–Kier alpha value is -1.88. The molecule has 2 rings (SSSR count). The molecule has 1 fully saturated rings. The van der Waals surface area contributed by atoms with E-state index in [9.17, 15) is 9.59 Å². The summed E-state index contributed by atoms with van der Waals surface area (Å²) in [6.45, 7) is 0.215. The van der Waals surface area contributed by atoms with Gasteiger partial charge in [0.05, 0.1) is 6.54 Å². The highest BCUT2D eigenvalue weighted by Crippen LogP contribution is 2.10. The van der Waals surface area contributed by atoms with E-state index in [-0.39, 0.29) is 18.4 Å². The third kappa shape index (κ3) is 2.62. The van der Waals surface area contributed by atoms with E-state index in [0.29, 0.717) is 10.6 Å². The van der Waals surface area contributed by atoms with Crippen molar-refractivity contribution in [3.63, 3.8) is 0 Å². The van der Waals surface area contributed by atoms with Crippen LogP contribution in [0.4, 0.5) is 0 Å². The number of halogens is 1. The Morgan fingerprint density at radius 3 is 2.59 bits per heavy atom. The minimum Gasteiger partial charge on any atom is -0.336 e. The highest BCUT2D eigenvalue weighted by Gasteiger charge is 2.22. The predicted octanol–water partition coefficient (Wildman–Crippen LogP) is 0.898. The summed E-state index contributed by atoms with van der Waals surface area (Å²) in [5.74, 6) is -0.309. The molecule has 1 aromatic rings. The number of carbonyl (C=O) groups is 2. The van der Waals surface area contributed by atoms with E-state index in [0.717, 1.165) is 0 Å². The molecule has 1 N–H and O–H groups in total. The van der Waals surface area contributed by atoms with Crippen LogP contribution in [0, 0.1) is 0 Å². The molecule has 0 atom stereocenters. The molecule has 0 aliphatic carbocycles. The standard InChI is InChI=1S/C11H10ClN3O2/c1-15-6-9(16)13-11(15)14-10(17)7-2-4-8(12)5-3-7/h2-5H,6H2,1H3,(H,13,14,16,17). The summed E-state index contributed by atoms with van der Waals surface area (Å²) in [7, 11) is 1.69. The number of guanidine groups is 1. The number of aliphatic imine (C=N–C) groups is 1.